The van der Waals surface area contributed by atoms with E-state index in [4.69, 9.17) is 28.9 Å². The van der Waals surface area contributed by atoms with Crippen LogP contribution in [0.3, 0.4) is 0 Å². The van der Waals surface area contributed by atoms with Gasteiger partial charge in [0, 0.05) is 24.9 Å². The van der Waals surface area contributed by atoms with Crippen molar-refractivity contribution in [1.82, 2.24) is 15.1 Å². The van der Waals surface area contributed by atoms with E-state index in [1.54, 1.807) is 0 Å². The molecule has 8 nitrogen and oxygen atoms in total. The summed E-state index contributed by atoms with van der Waals surface area (Å²) in [5, 5.41) is 17.7. The Labute approximate surface area is 159 Å². The van der Waals surface area contributed by atoms with Crippen molar-refractivity contribution < 1.29 is 9.72 Å². The zero-order valence-corrected chi connectivity index (χ0v) is 15.4. The number of halogens is 3. The lowest BCUT2D eigenvalue weighted by Gasteiger charge is -2.09. The van der Waals surface area contributed by atoms with Gasteiger partial charge in [-0.2, -0.15) is 5.10 Å². The predicted molar refractivity (Wildman–Crippen MR) is 98.0 cm³/mol. The average molecular weight is 409 g/mol. The lowest BCUT2D eigenvalue weighted by molar-refractivity contribution is -0.384. The number of carbonyl (C=O) groups excluding carboxylic acids is 1. The topological polar surface area (TPSA) is 116 Å². The Morgan fingerprint density at radius 1 is 1.44 bits per heavy atom. The van der Waals surface area contributed by atoms with E-state index in [1.807, 2.05) is 6.92 Å². The zero-order chi connectivity index (χ0) is 17.9. The van der Waals surface area contributed by atoms with Crippen LogP contribution in [0.4, 0.5) is 5.69 Å². The van der Waals surface area contributed by atoms with Gasteiger partial charge in [-0.25, -0.2) is 4.68 Å². The second kappa shape index (κ2) is 9.00. The van der Waals surface area contributed by atoms with E-state index >= 15 is 0 Å². The molecule has 2 rings (SSSR count). The molecule has 0 radical (unpaired) electrons. The van der Waals surface area contributed by atoms with E-state index in [9.17, 15) is 14.9 Å². The Bertz CT molecular complexity index is 758. The second-order valence-corrected chi connectivity index (χ2v) is 6.03. The third-order valence-electron chi connectivity index (χ3n) is 3.28. The Kier molecular flexibility index (Phi) is 7.62. The van der Waals surface area contributed by atoms with Crippen LogP contribution < -0.4 is 11.1 Å². The van der Waals surface area contributed by atoms with Crippen molar-refractivity contribution in [3.05, 3.63) is 50.2 Å². The van der Waals surface area contributed by atoms with E-state index in [0.717, 1.165) is 0 Å². The van der Waals surface area contributed by atoms with E-state index in [2.05, 4.69) is 10.4 Å². The number of hydrogen-bond donors (Lipinski definition) is 2. The van der Waals surface area contributed by atoms with Crippen LogP contribution in [0.2, 0.25) is 10.0 Å². The van der Waals surface area contributed by atoms with Gasteiger partial charge in [0.05, 0.1) is 15.0 Å². The minimum atomic E-state index is -0.595. The van der Waals surface area contributed by atoms with Gasteiger partial charge < -0.3 is 11.1 Å². The number of nitrogens with zero attached hydrogens (tertiary/aromatic N) is 3. The molecule has 0 aliphatic rings. The van der Waals surface area contributed by atoms with Crippen LogP contribution in [-0.2, 0) is 0 Å². The van der Waals surface area contributed by atoms with Crippen LogP contribution >= 0.6 is 35.6 Å². The first-order valence-electron chi connectivity index (χ1n) is 7.01. The molecular weight excluding hydrogens is 393 g/mol. The van der Waals surface area contributed by atoms with E-state index in [-0.39, 0.29) is 51.3 Å². The Balaban J connectivity index is 0.00000312. The minimum Gasteiger partial charge on any atom is -0.350 e. The lowest BCUT2D eigenvalue weighted by Crippen LogP contribution is -2.31. The standard InChI is InChI=1S/C14H15Cl2N5O3.ClH/c1-8(6-17)7-18-14(22)12-2-3-20(19-12)13-10(15)4-9(21(23)24)5-11(13)16;/h2-5,8H,6-7,17H2,1H3,(H,18,22);1H. The molecule has 0 spiro atoms. The maximum absolute atomic E-state index is 12.0. The number of non-ortho nitro benzene ring substituents is 1. The van der Waals surface area contributed by atoms with Crippen LogP contribution in [0.15, 0.2) is 24.4 Å². The molecule has 1 unspecified atom stereocenters. The number of aromatic nitrogens is 2. The second-order valence-electron chi connectivity index (χ2n) is 5.21. The highest BCUT2D eigenvalue weighted by Gasteiger charge is 2.18. The summed E-state index contributed by atoms with van der Waals surface area (Å²) in [5.41, 5.74) is 5.70. The monoisotopic (exact) mass is 407 g/mol. The quantitative estimate of drug-likeness (QED) is 0.563. The molecule has 136 valence electrons. The normalized spacial score (nSPS) is 11.5. The van der Waals surface area contributed by atoms with Crippen molar-refractivity contribution in [3.63, 3.8) is 0 Å². The van der Waals surface area contributed by atoms with Gasteiger partial charge in [-0.15, -0.1) is 12.4 Å². The number of nitro groups is 1. The molecule has 1 amide bonds. The maximum Gasteiger partial charge on any atom is 0.272 e. The third-order valence-corrected chi connectivity index (χ3v) is 3.85. The summed E-state index contributed by atoms with van der Waals surface area (Å²) < 4.78 is 1.30. The molecule has 3 N–H and O–H groups in total. The fraction of sp³-hybridized carbons (Fsp3) is 0.286. The summed E-state index contributed by atoms with van der Waals surface area (Å²) >= 11 is 12.1. The first kappa shape index (κ1) is 21.2. The molecule has 25 heavy (non-hydrogen) atoms. The van der Waals surface area contributed by atoms with Crippen molar-refractivity contribution >= 4 is 47.2 Å². The number of benzene rings is 1. The van der Waals surface area contributed by atoms with Crippen molar-refractivity contribution in [3.8, 4) is 5.69 Å². The van der Waals surface area contributed by atoms with Gasteiger partial charge >= 0.3 is 0 Å². The molecule has 0 fully saturated rings. The fourth-order valence-electron chi connectivity index (χ4n) is 1.89. The molecule has 0 aliphatic carbocycles. The zero-order valence-electron chi connectivity index (χ0n) is 13.1. The highest BCUT2D eigenvalue weighted by Crippen LogP contribution is 2.32. The summed E-state index contributed by atoms with van der Waals surface area (Å²) in [4.78, 5) is 22.2. The number of carbonyl (C=O) groups is 1. The molecule has 1 aromatic heterocycles. The number of hydrogen-bond acceptors (Lipinski definition) is 5. The van der Waals surface area contributed by atoms with Crippen LogP contribution in [0, 0.1) is 16.0 Å². The van der Waals surface area contributed by atoms with Crippen molar-refractivity contribution in [2.75, 3.05) is 13.1 Å². The third kappa shape index (κ3) is 5.05. The fourth-order valence-corrected chi connectivity index (χ4v) is 2.54. The molecular formula is C14H16Cl3N5O3. The van der Waals surface area contributed by atoms with Gasteiger partial charge in [0.15, 0.2) is 5.69 Å². The number of amides is 1. The van der Waals surface area contributed by atoms with Crippen LogP contribution in [0.25, 0.3) is 5.69 Å². The summed E-state index contributed by atoms with van der Waals surface area (Å²) in [7, 11) is 0. The van der Waals surface area contributed by atoms with Gasteiger partial charge in [0.25, 0.3) is 11.6 Å². The van der Waals surface area contributed by atoms with Gasteiger partial charge in [-0.3, -0.25) is 14.9 Å². The molecule has 11 heteroatoms. The summed E-state index contributed by atoms with van der Waals surface area (Å²) in [6.07, 6.45) is 1.50. The maximum atomic E-state index is 12.0. The highest BCUT2D eigenvalue weighted by molar-refractivity contribution is 6.38. The number of nitro benzene ring substituents is 1. The van der Waals surface area contributed by atoms with E-state index in [0.29, 0.717) is 13.1 Å². The van der Waals surface area contributed by atoms with Crippen molar-refractivity contribution in [2.45, 2.75) is 6.92 Å². The first-order valence-corrected chi connectivity index (χ1v) is 7.76. The lowest BCUT2D eigenvalue weighted by atomic mass is 10.2. The largest absolute Gasteiger partial charge is 0.350 e. The van der Waals surface area contributed by atoms with E-state index in [1.165, 1.54) is 29.1 Å². The average Bonchev–Trinajstić information content (AvgIpc) is 3.01. The SMILES string of the molecule is CC(CN)CNC(=O)c1ccn(-c2c(Cl)cc([N+](=O)[O-])cc2Cl)n1.Cl. The molecule has 1 heterocycles. The summed E-state index contributed by atoms with van der Waals surface area (Å²) in [6.45, 7) is 2.80. The van der Waals surface area contributed by atoms with Crippen molar-refractivity contribution in [2.24, 2.45) is 11.7 Å². The molecule has 0 saturated carbocycles. The Hall–Kier alpha value is -1.87. The molecule has 0 bridgehead atoms. The number of nitrogens with one attached hydrogen (secondary N) is 1. The molecule has 1 atom stereocenters. The van der Waals surface area contributed by atoms with Crippen LogP contribution in [-0.4, -0.2) is 33.7 Å². The minimum absolute atomic E-state index is 0. The first-order chi connectivity index (χ1) is 11.3. The van der Waals surface area contributed by atoms with Gasteiger partial charge in [-0.1, -0.05) is 30.1 Å². The predicted octanol–water partition coefficient (Wildman–Crippen LogP) is 2.83. The highest BCUT2D eigenvalue weighted by atomic mass is 35.5. The van der Waals surface area contributed by atoms with Crippen molar-refractivity contribution in [1.29, 1.82) is 0 Å². The smallest absolute Gasteiger partial charge is 0.272 e. The molecule has 0 aliphatic heterocycles. The van der Waals surface area contributed by atoms with Crippen LogP contribution in [0.1, 0.15) is 17.4 Å². The summed E-state index contributed by atoms with van der Waals surface area (Å²) in [5.74, 6) is -0.210. The molecule has 1 aromatic carbocycles. The molecule has 0 saturated heterocycles. The van der Waals surface area contributed by atoms with Gasteiger partial charge in [0.1, 0.15) is 5.69 Å². The Morgan fingerprint density at radius 3 is 2.56 bits per heavy atom. The van der Waals surface area contributed by atoms with E-state index < -0.39 is 4.92 Å². The van der Waals surface area contributed by atoms with Crippen LogP contribution in [0.5, 0.6) is 0 Å². The van der Waals surface area contributed by atoms with Gasteiger partial charge in [0.2, 0.25) is 0 Å². The Morgan fingerprint density at radius 2 is 2.04 bits per heavy atom. The number of rotatable bonds is 6. The van der Waals surface area contributed by atoms with Gasteiger partial charge in [-0.05, 0) is 18.5 Å². The number of nitrogens with two attached hydrogens (primary N) is 1. The molecule has 2 aromatic rings. The summed E-state index contributed by atoms with van der Waals surface area (Å²) in [6, 6.07) is 3.84.